The summed E-state index contributed by atoms with van der Waals surface area (Å²) in [4.78, 5) is 9.97. The molecule has 0 amide bonds. The third kappa shape index (κ3) is 2.94. The molecule has 2 spiro atoms. The Hall–Kier alpha value is -4.04. The molecular formula is C38H32N2. The van der Waals surface area contributed by atoms with Crippen molar-refractivity contribution in [1.82, 2.24) is 9.97 Å². The van der Waals surface area contributed by atoms with E-state index in [1.807, 2.05) is 6.20 Å². The van der Waals surface area contributed by atoms with Crippen LogP contribution in [-0.4, -0.2) is 9.97 Å². The molecule has 2 saturated carbocycles. The molecule has 0 atom stereocenters. The number of fused-ring (bicyclic) bond motifs is 10. The summed E-state index contributed by atoms with van der Waals surface area (Å²) in [5.41, 5.74) is 15.4. The van der Waals surface area contributed by atoms with Gasteiger partial charge < -0.3 is 0 Å². The van der Waals surface area contributed by atoms with Gasteiger partial charge >= 0.3 is 0 Å². The summed E-state index contributed by atoms with van der Waals surface area (Å²) in [6, 6.07) is 34.2. The quantitative estimate of drug-likeness (QED) is 0.233. The average molecular weight is 517 g/mol. The van der Waals surface area contributed by atoms with Gasteiger partial charge in [0.25, 0.3) is 0 Å². The van der Waals surface area contributed by atoms with Crippen LogP contribution in [0, 0.1) is 0 Å². The molecule has 4 aliphatic rings. The van der Waals surface area contributed by atoms with Crippen LogP contribution in [0.5, 0.6) is 0 Å². The molecule has 2 heteroatoms. The Labute approximate surface area is 236 Å². The highest BCUT2D eigenvalue weighted by Crippen LogP contribution is 2.58. The van der Waals surface area contributed by atoms with E-state index < -0.39 is 0 Å². The highest BCUT2D eigenvalue weighted by atomic mass is 14.9. The average Bonchev–Trinajstić information content (AvgIpc) is 3.81. The lowest BCUT2D eigenvalue weighted by atomic mass is 9.76. The van der Waals surface area contributed by atoms with Crippen LogP contribution >= 0.6 is 0 Å². The third-order valence-electron chi connectivity index (χ3n) is 10.7. The summed E-state index contributed by atoms with van der Waals surface area (Å²) in [6.07, 6.45) is 12.1. The lowest BCUT2D eigenvalue weighted by Crippen LogP contribution is -2.20. The molecule has 0 bridgehead atoms. The van der Waals surface area contributed by atoms with Crippen molar-refractivity contribution in [3.8, 4) is 44.9 Å². The van der Waals surface area contributed by atoms with Gasteiger partial charge in [-0.05, 0) is 88.4 Å². The van der Waals surface area contributed by atoms with E-state index in [1.54, 1.807) is 0 Å². The first-order chi connectivity index (χ1) is 19.8. The molecule has 0 saturated heterocycles. The Morgan fingerprint density at radius 2 is 0.975 bits per heavy atom. The fourth-order valence-electron chi connectivity index (χ4n) is 8.90. The van der Waals surface area contributed by atoms with Gasteiger partial charge in [0.15, 0.2) is 5.82 Å². The second-order valence-electron chi connectivity index (χ2n) is 12.5. The van der Waals surface area contributed by atoms with Gasteiger partial charge in [-0.15, -0.1) is 0 Å². The number of aromatic nitrogens is 2. The highest BCUT2D eigenvalue weighted by Gasteiger charge is 2.46. The summed E-state index contributed by atoms with van der Waals surface area (Å²) in [7, 11) is 0. The third-order valence-corrected chi connectivity index (χ3v) is 10.7. The zero-order valence-corrected chi connectivity index (χ0v) is 22.8. The first kappa shape index (κ1) is 22.7. The van der Waals surface area contributed by atoms with Crippen LogP contribution in [0.1, 0.15) is 73.6 Å². The van der Waals surface area contributed by atoms with Gasteiger partial charge in [0.2, 0.25) is 0 Å². The van der Waals surface area contributed by atoms with Crippen LogP contribution < -0.4 is 0 Å². The Morgan fingerprint density at radius 1 is 0.475 bits per heavy atom. The minimum Gasteiger partial charge on any atom is -0.237 e. The summed E-state index contributed by atoms with van der Waals surface area (Å²) >= 11 is 0. The maximum absolute atomic E-state index is 5.18. The molecule has 0 N–H and O–H groups in total. The zero-order valence-electron chi connectivity index (χ0n) is 22.8. The molecule has 4 aliphatic carbocycles. The molecule has 2 nitrogen and oxygen atoms in total. The molecular weight excluding hydrogens is 484 g/mol. The molecule has 2 fully saturated rings. The van der Waals surface area contributed by atoms with Crippen LogP contribution in [0.3, 0.4) is 0 Å². The molecule has 4 aromatic carbocycles. The molecule has 5 aromatic rings. The smallest absolute Gasteiger partial charge is 0.159 e. The summed E-state index contributed by atoms with van der Waals surface area (Å²) < 4.78 is 0. The van der Waals surface area contributed by atoms with E-state index in [0.29, 0.717) is 0 Å². The van der Waals surface area contributed by atoms with Gasteiger partial charge in [-0.1, -0.05) is 98.5 Å². The van der Waals surface area contributed by atoms with Crippen molar-refractivity contribution < 1.29 is 0 Å². The van der Waals surface area contributed by atoms with Gasteiger partial charge in [-0.3, -0.25) is 0 Å². The molecule has 1 heterocycles. The van der Waals surface area contributed by atoms with E-state index in [2.05, 4.69) is 91.0 Å². The SMILES string of the molecule is c1ccc2c(c1)-c1ccc(-c3ccnc(-c4ccc5c(c4)C4(CCCC4)c4ccccc4-5)n3)cc1C21CCCC1. The Morgan fingerprint density at radius 3 is 1.57 bits per heavy atom. The van der Waals surface area contributed by atoms with Crippen molar-refractivity contribution in [2.24, 2.45) is 0 Å². The fraction of sp³-hybridized carbons (Fsp3) is 0.263. The van der Waals surface area contributed by atoms with Gasteiger partial charge in [-0.25, -0.2) is 9.97 Å². The van der Waals surface area contributed by atoms with Crippen LogP contribution in [0.4, 0.5) is 0 Å². The van der Waals surface area contributed by atoms with Crippen LogP contribution in [0.2, 0.25) is 0 Å². The molecule has 0 unspecified atom stereocenters. The number of rotatable bonds is 2. The van der Waals surface area contributed by atoms with Gasteiger partial charge in [0, 0.05) is 28.2 Å². The topological polar surface area (TPSA) is 25.8 Å². The number of hydrogen-bond donors (Lipinski definition) is 0. The number of benzene rings is 4. The largest absolute Gasteiger partial charge is 0.237 e. The molecule has 194 valence electrons. The lowest BCUT2D eigenvalue weighted by Gasteiger charge is -2.27. The minimum atomic E-state index is 0.157. The van der Waals surface area contributed by atoms with E-state index in [1.165, 1.54) is 101 Å². The van der Waals surface area contributed by atoms with Gasteiger partial charge in [0.05, 0.1) is 5.69 Å². The fourth-order valence-corrected chi connectivity index (χ4v) is 8.90. The van der Waals surface area contributed by atoms with Crippen LogP contribution in [-0.2, 0) is 10.8 Å². The number of nitrogens with zero attached hydrogens (tertiary/aromatic N) is 2. The predicted molar refractivity (Wildman–Crippen MR) is 162 cm³/mol. The van der Waals surface area contributed by atoms with Crippen molar-refractivity contribution in [3.05, 3.63) is 119 Å². The second-order valence-corrected chi connectivity index (χ2v) is 12.5. The molecule has 0 radical (unpaired) electrons. The first-order valence-electron chi connectivity index (χ1n) is 15.1. The second kappa shape index (κ2) is 8.24. The van der Waals surface area contributed by atoms with Crippen molar-refractivity contribution in [1.29, 1.82) is 0 Å². The van der Waals surface area contributed by atoms with Crippen molar-refractivity contribution in [2.45, 2.75) is 62.2 Å². The van der Waals surface area contributed by atoms with Gasteiger partial charge in [0.1, 0.15) is 0 Å². The standard InChI is InChI=1S/C38H32N2/c1-3-11-31-27(9-1)29-15-13-25(23-33(29)37(31)18-5-6-19-37)35-17-22-39-36(40-35)26-14-16-30-28-10-2-4-12-32(28)38(34(30)24-26)20-7-8-21-38/h1-4,9-17,22-24H,5-8,18-21H2. The molecule has 40 heavy (non-hydrogen) atoms. The lowest BCUT2D eigenvalue weighted by molar-refractivity contribution is 0.550. The van der Waals surface area contributed by atoms with Crippen molar-refractivity contribution in [3.63, 3.8) is 0 Å². The van der Waals surface area contributed by atoms with Gasteiger partial charge in [-0.2, -0.15) is 0 Å². The predicted octanol–water partition coefficient (Wildman–Crippen LogP) is 9.49. The maximum Gasteiger partial charge on any atom is 0.159 e. The van der Waals surface area contributed by atoms with E-state index in [4.69, 9.17) is 9.97 Å². The zero-order chi connectivity index (χ0) is 26.3. The molecule has 0 aliphatic heterocycles. The molecule has 1 aromatic heterocycles. The van der Waals surface area contributed by atoms with Crippen molar-refractivity contribution in [2.75, 3.05) is 0 Å². The minimum absolute atomic E-state index is 0.157. The highest BCUT2D eigenvalue weighted by molar-refractivity contribution is 5.85. The Balaban J connectivity index is 1.14. The number of hydrogen-bond acceptors (Lipinski definition) is 2. The Kier molecular flexibility index (Phi) is 4.68. The first-order valence-corrected chi connectivity index (χ1v) is 15.1. The summed E-state index contributed by atoms with van der Waals surface area (Å²) in [6.45, 7) is 0. The monoisotopic (exact) mass is 516 g/mol. The van der Waals surface area contributed by atoms with E-state index in [0.717, 1.165) is 17.1 Å². The van der Waals surface area contributed by atoms with E-state index >= 15 is 0 Å². The van der Waals surface area contributed by atoms with E-state index in [9.17, 15) is 0 Å². The molecule has 9 rings (SSSR count). The van der Waals surface area contributed by atoms with Crippen LogP contribution in [0.25, 0.3) is 44.9 Å². The van der Waals surface area contributed by atoms with Crippen LogP contribution in [0.15, 0.2) is 97.2 Å². The van der Waals surface area contributed by atoms with Crippen molar-refractivity contribution >= 4 is 0 Å². The Bertz CT molecular complexity index is 1690. The normalized spacial score (nSPS) is 18.6. The van der Waals surface area contributed by atoms with E-state index in [-0.39, 0.29) is 10.8 Å². The summed E-state index contributed by atoms with van der Waals surface area (Å²) in [5.74, 6) is 0.823. The summed E-state index contributed by atoms with van der Waals surface area (Å²) in [5, 5.41) is 0. The maximum atomic E-state index is 5.18.